The van der Waals surface area contributed by atoms with E-state index in [1.54, 1.807) is 6.07 Å². The molecule has 2 aromatic carbocycles. The molecular formula is C21H24N4O4. The summed E-state index contributed by atoms with van der Waals surface area (Å²) in [6.07, 6.45) is -0.0745. The Morgan fingerprint density at radius 1 is 1.10 bits per heavy atom. The fourth-order valence-corrected chi connectivity index (χ4v) is 3.74. The van der Waals surface area contributed by atoms with Crippen LogP contribution in [0.1, 0.15) is 6.42 Å². The van der Waals surface area contributed by atoms with E-state index in [0.717, 1.165) is 35.3 Å². The number of ether oxygens (including phenoxy) is 1. The van der Waals surface area contributed by atoms with Crippen molar-refractivity contribution in [2.75, 3.05) is 44.3 Å². The van der Waals surface area contributed by atoms with Crippen LogP contribution in [0.2, 0.25) is 0 Å². The molecule has 8 nitrogen and oxygen atoms in total. The molecule has 2 aliphatic rings. The summed E-state index contributed by atoms with van der Waals surface area (Å²) in [6.45, 7) is 4.37. The van der Waals surface area contributed by atoms with E-state index in [1.807, 2.05) is 36.4 Å². The Bertz CT molecular complexity index is 921. The van der Waals surface area contributed by atoms with Gasteiger partial charge in [0.2, 0.25) is 5.91 Å². The minimum atomic E-state index is -0.857. The second kappa shape index (κ2) is 8.59. The Morgan fingerprint density at radius 3 is 2.69 bits per heavy atom. The fraction of sp³-hybridized carbons (Fsp3) is 0.381. The van der Waals surface area contributed by atoms with Crippen LogP contribution in [-0.4, -0.2) is 68.2 Å². The molecule has 0 spiro atoms. The van der Waals surface area contributed by atoms with Crippen molar-refractivity contribution in [1.29, 1.82) is 0 Å². The number of anilines is 1. The molecule has 0 unspecified atom stereocenters. The first kappa shape index (κ1) is 19.4. The van der Waals surface area contributed by atoms with Gasteiger partial charge in [0.15, 0.2) is 0 Å². The number of carbonyl (C=O) groups is 3. The normalized spacial score (nSPS) is 20.1. The van der Waals surface area contributed by atoms with E-state index in [4.69, 9.17) is 4.74 Å². The van der Waals surface area contributed by atoms with Gasteiger partial charge in [0.1, 0.15) is 6.04 Å². The maximum Gasteiger partial charge on any atom is 0.329 e. The van der Waals surface area contributed by atoms with Crippen molar-refractivity contribution < 1.29 is 19.1 Å². The lowest BCUT2D eigenvalue weighted by Gasteiger charge is -2.26. The zero-order valence-electron chi connectivity index (χ0n) is 16.1. The summed E-state index contributed by atoms with van der Waals surface area (Å²) in [7, 11) is 0. The molecule has 1 atom stereocenters. The highest BCUT2D eigenvalue weighted by Crippen LogP contribution is 2.29. The lowest BCUT2D eigenvalue weighted by molar-refractivity contribution is -0.125. The van der Waals surface area contributed by atoms with Crippen molar-refractivity contribution in [3.8, 4) is 0 Å². The van der Waals surface area contributed by atoms with Gasteiger partial charge >= 0.3 is 6.03 Å². The fourth-order valence-electron chi connectivity index (χ4n) is 3.74. The minimum absolute atomic E-state index is 0.0745. The third-order valence-corrected chi connectivity index (χ3v) is 5.27. The number of hydrogen-bond donors (Lipinski definition) is 2. The summed E-state index contributed by atoms with van der Waals surface area (Å²) in [4.78, 5) is 41.0. The number of urea groups is 1. The molecule has 0 saturated carbocycles. The van der Waals surface area contributed by atoms with Crippen LogP contribution in [0.15, 0.2) is 42.5 Å². The molecule has 2 aliphatic heterocycles. The van der Waals surface area contributed by atoms with E-state index in [0.29, 0.717) is 25.4 Å². The standard InChI is InChI=1S/C21H24N4O4/c26-19(22-8-9-24-10-12-29-13-11-24)14-17-20(27)25(21(28)23-17)18-7-3-5-15-4-1-2-6-16(15)18/h1-7,17H,8-14H2,(H,22,26)(H,23,28)/t17-/m0/s1. The van der Waals surface area contributed by atoms with Gasteiger partial charge in [-0.05, 0) is 11.5 Å². The van der Waals surface area contributed by atoms with Crippen molar-refractivity contribution in [3.63, 3.8) is 0 Å². The van der Waals surface area contributed by atoms with E-state index in [1.165, 1.54) is 0 Å². The molecule has 29 heavy (non-hydrogen) atoms. The molecule has 2 N–H and O–H groups in total. The summed E-state index contributed by atoms with van der Waals surface area (Å²) < 4.78 is 5.30. The number of rotatable bonds is 6. The Kier molecular flexibility index (Phi) is 5.73. The molecule has 152 valence electrons. The zero-order valence-corrected chi connectivity index (χ0v) is 16.1. The lowest BCUT2D eigenvalue weighted by atomic mass is 10.1. The van der Waals surface area contributed by atoms with Gasteiger partial charge in [-0.1, -0.05) is 36.4 Å². The summed E-state index contributed by atoms with van der Waals surface area (Å²) in [5.41, 5.74) is 0.529. The van der Waals surface area contributed by atoms with Crippen LogP contribution < -0.4 is 15.5 Å². The van der Waals surface area contributed by atoms with E-state index in [2.05, 4.69) is 15.5 Å². The molecule has 8 heteroatoms. The molecule has 4 amide bonds. The quantitative estimate of drug-likeness (QED) is 0.714. The molecule has 2 fully saturated rings. The lowest BCUT2D eigenvalue weighted by Crippen LogP contribution is -2.42. The molecule has 2 saturated heterocycles. The SMILES string of the molecule is O=C(C[C@@H]1NC(=O)N(c2cccc3ccccc23)C1=O)NCCN1CCOCC1. The first-order valence-corrected chi connectivity index (χ1v) is 9.82. The third-order valence-electron chi connectivity index (χ3n) is 5.27. The van der Waals surface area contributed by atoms with Crippen LogP contribution in [0.3, 0.4) is 0 Å². The average molecular weight is 396 g/mol. The second-order valence-electron chi connectivity index (χ2n) is 7.18. The van der Waals surface area contributed by atoms with Crippen molar-refractivity contribution in [3.05, 3.63) is 42.5 Å². The molecule has 2 aromatic rings. The highest BCUT2D eigenvalue weighted by Gasteiger charge is 2.40. The van der Waals surface area contributed by atoms with Crippen molar-refractivity contribution >= 4 is 34.3 Å². The Hall–Kier alpha value is -2.97. The summed E-state index contributed by atoms with van der Waals surface area (Å²) in [5.74, 6) is -0.661. The van der Waals surface area contributed by atoms with Crippen molar-refractivity contribution in [1.82, 2.24) is 15.5 Å². The Balaban J connectivity index is 1.37. The molecule has 0 radical (unpaired) electrons. The minimum Gasteiger partial charge on any atom is -0.379 e. The molecule has 0 aliphatic carbocycles. The Labute approximate surface area is 168 Å². The smallest absolute Gasteiger partial charge is 0.329 e. The van der Waals surface area contributed by atoms with Crippen LogP contribution >= 0.6 is 0 Å². The van der Waals surface area contributed by atoms with E-state index >= 15 is 0 Å². The van der Waals surface area contributed by atoms with Crippen LogP contribution in [0.4, 0.5) is 10.5 Å². The number of fused-ring (bicyclic) bond motifs is 1. The van der Waals surface area contributed by atoms with E-state index in [9.17, 15) is 14.4 Å². The van der Waals surface area contributed by atoms with Gasteiger partial charge in [-0.2, -0.15) is 0 Å². The van der Waals surface area contributed by atoms with Crippen LogP contribution in [0, 0.1) is 0 Å². The topological polar surface area (TPSA) is 91.0 Å². The van der Waals surface area contributed by atoms with E-state index < -0.39 is 18.0 Å². The highest BCUT2D eigenvalue weighted by molar-refractivity contribution is 6.24. The van der Waals surface area contributed by atoms with Gasteiger partial charge < -0.3 is 15.4 Å². The van der Waals surface area contributed by atoms with Crippen LogP contribution in [-0.2, 0) is 14.3 Å². The van der Waals surface area contributed by atoms with Gasteiger partial charge in [0.05, 0.1) is 25.3 Å². The predicted octanol–water partition coefficient (Wildman–Crippen LogP) is 1.10. The Morgan fingerprint density at radius 2 is 1.86 bits per heavy atom. The monoisotopic (exact) mass is 396 g/mol. The van der Waals surface area contributed by atoms with Gasteiger partial charge in [0.25, 0.3) is 5.91 Å². The maximum atomic E-state index is 12.9. The number of nitrogens with one attached hydrogen (secondary N) is 2. The first-order chi connectivity index (χ1) is 14.1. The van der Waals surface area contributed by atoms with Crippen molar-refractivity contribution in [2.45, 2.75) is 12.5 Å². The number of nitrogens with zero attached hydrogens (tertiary/aromatic N) is 2. The average Bonchev–Trinajstić information content (AvgIpc) is 3.01. The van der Waals surface area contributed by atoms with Crippen LogP contribution in [0.5, 0.6) is 0 Å². The number of benzene rings is 2. The third kappa shape index (κ3) is 4.23. The predicted molar refractivity (Wildman–Crippen MR) is 109 cm³/mol. The first-order valence-electron chi connectivity index (χ1n) is 9.82. The molecule has 0 aromatic heterocycles. The second-order valence-corrected chi connectivity index (χ2v) is 7.18. The number of morpholine rings is 1. The molecule has 0 bridgehead atoms. The number of hydrogen-bond acceptors (Lipinski definition) is 5. The summed E-state index contributed by atoms with van der Waals surface area (Å²) in [6, 6.07) is 11.7. The van der Waals surface area contributed by atoms with Gasteiger partial charge in [-0.25, -0.2) is 9.69 Å². The number of imide groups is 1. The molecule has 4 rings (SSSR count). The van der Waals surface area contributed by atoms with Gasteiger partial charge in [-0.3, -0.25) is 14.5 Å². The van der Waals surface area contributed by atoms with Gasteiger partial charge in [0, 0.05) is 31.6 Å². The molecular weight excluding hydrogens is 372 g/mol. The molecule has 2 heterocycles. The largest absolute Gasteiger partial charge is 0.379 e. The summed E-state index contributed by atoms with van der Waals surface area (Å²) >= 11 is 0. The number of carbonyl (C=O) groups excluding carboxylic acids is 3. The van der Waals surface area contributed by atoms with Crippen molar-refractivity contribution in [2.24, 2.45) is 0 Å². The van der Waals surface area contributed by atoms with Crippen LogP contribution in [0.25, 0.3) is 10.8 Å². The highest BCUT2D eigenvalue weighted by atomic mass is 16.5. The van der Waals surface area contributed by atoms with Gasteiger partial charge in [-0.15, -0.1) is 0 Å². The maximum absolute atomic E-state index is 12.9. The van der Waals surface area contributed by atoms with E-state index in [-0.39, 0.29) is 12.3 Å². The number of amides is 4. The zero-order chi connectivity index (χ0) is 20.2. The summed E-state index contributed by atoms with van der Waals surface area (Å²) in [5, 5.41) is 7.22.